The van der Waals surface area contributed by atoms with E-state index in [-0.39, 0.29) is 30.3 Å². The molecule has 1 amide bonds. The summed E-state index contributed by atoms with van der Waals surface area (Å²) < 4.78 is 5.39. The van der Waals surface area contributed by atoms with Crippen LogP contribution < -0.4 is 0 Å². The minimum Gasteiger partial charge on any atom is -0.461 e. The smallest absolute Gasteiger partial charge is 0.307 e. The Morgan fingerprint density at radius 3 is 2.84 bits per heavy atom. The second-order valence-electron chi connectivity index (χ2n) is 5.28. The van der Waals surface area contributed by atoms with Crippen LogP contribution in [0.5, 0.6) is 0 Å². The van der Waals surface area contributed by atoms with Crippen molar-refractivity contribution in [1.82, 2.24) is 4.90 Å². The van der Waals surface area contributed by atoms with Gasteiger partial charge in [0.05, 0.1) is 18.4 Å². The molecule has 1 heterocycles. The average molecular weight is 264 g/mol. The molecule has 0 aromatic heterocycles. The zero-order valence-corrected chi connectivity index (χ0v) is 11.1. The molecular formula is C14H20N2O3. The number of rotatable bonds is 4. The van der Waals surface area contributed by atoms with Gasteiger partial charge in [0, 0.05) is 19.5 Å². The quantitative estimate of drug-likeness (QED) is 0.723. The Kier molecular flexibility index (Phi) is 4.78. The highest BCUT2D eigenvalue weighted by Crippen LogP contribution is 2.26. The van der Waals surface area contributed by atoms with Crippen LogP contribution in [-0.4, -0.2) is 36.0 Å². The number of likely N-dealkylation sites (tertiary alicyclic amines) is 1. The first-order chi connectivity index (χ1) is 9.20. The van der Waals surface area contributed by atoms with Crippen molar-refractivity contribution in [1.29, 1.82) is 5.26 Å². The lowest BCUT2D eigenvalue weighted by Gasteiger charge is -2.26. The van der Waals surface area contributed by atoms with Crippen LogP contribution in [0.25, 0.3) is 0 Å². The molecule has 2 rings (SSSR count). The Morgan fingerprint density at radius 1 is 1.37 bits per heavy atom. The molecule has 0 unspecified atom stereocenters. The Hall–Kier alpha value is -1.57. The first-order valence-corrected chi connectivity index (χ1v) is 7.07. The molecular weight excluding hydrogens is 244 g/mol. The lowest BCUT2D eigenvalue weighted by molar-refractivity contribution is -0.152. The van der Waals surface area contributed by atoms with E-state index in [9.17, 15) is 9.59 Å². The largest absolute Gasteiger partial charge is 0.461 e. The Morgan fingerprint density at radius 2 is 2.16 bits per heavy atom. The fourth-order valence-corrected chi connectivity index (χ4v) is 2.78. The molecule has 104 valence electrons. The molecule has 0 aromatic rings. The second-order valence-corrected chi connectivity index (χ2v) is 5.28. The van der Waals surface area contributed by atoms with Gasteiger partial charge in [0.1, 0.15) is 6.10 Å². The summed E-state index contributed by atoms with van der Waals surface area (Å²) in [7, 11) is 0. The van der Waals surface area contributed by atoms with E-state index in [1.54, 1.807) is 4.90 Å². The van der Waals surface area contributed by atoms with Crippen LogP contribution in [0.15, 0.2) is 0 Å². The van der Waals surface area contributed by atoms with Gasteiger partial charge in [-0.3, -0.25) is 9.59 Å². The SMILES string of the molecule is N#C[C@@H]1CCCC[C@H]1OC(=O)CCN1CCCC1=O. The molecule has 19 heavy (non-hydrogen) atoms. The van der Waals surface area contributed by atoms with E-state index in [1.807, 2.05) is 0 Å². The van der Waals surface area contributed by atoms with Crippen molar-refractivity contribution in [2.24, 2.45) is 5.92 Å². The number of nitrogens with zero attached hydrogens (tertiary/aromatic N) is 2. The van der Waals surface area contributed by atoms with Crippen molar-refractivity contribution in [2.75, 3.05) is 13.1 Å². The molecule has 2 fully saturated rings. The number of ether oxygens (including phenoxy) is 1. The first-order valence-electron chi connectivity index (χ1n) is 7.07. The molecule has 5 heteroatoms. The van der Waals surface area contributed by atoms with E-state index in [0.29, 0.717) is 13.0 Å². The number of nitriles is 1. The first kappa shape index (κ1) is 13.9. The van der Waals surface area contributed by atoms with Crippen molar-refractivity contribution >= 4 is 11.9 Å². The third kappa shape index (κ3) is 3.69. The van der Waals surface area contributed by atoms with Gasteiger partial charge in [-0.2, -0.15) is 5.26 Å². The van der Waals surface area contributed by atoms with Crippen molar-refractivity contribution in [3.63, 3.8) is 0 Å². The van der Waals surface area contributed by atoms with E-state index >= 15 is 0 Å². The van der Waals surface area contributed by atoms with Crippen LogP contribution >= 0.6 is 0 Å². The molecule has 0 N–H and O–H groups in total. The third-order valence-electron chi connectivity index (χ3n) is 3.91. The van der Waals surface area contributed by atoms with Crippen LogP contribution in [-0.2, 0) is 14.3 Å². The maximum atomic E-state index is 11.8. The third-order valence-corrected chi connectivity index (χ3v) is 3.91. The van der Waals surface area contributed by atoms with E-state index < -0.39 is 0 Å². The monoisotopic (exact) mass is 264 g/mol. The molecule has 0 aromatic carbocycles. The summed E-state index contributed by atoms with van der Waals surface area (Å²) in [4.78, 5) is 24.9. The number of esters is 1. The van der Waals surface area contributed by atoms with Crippen molar-refractivity contribution in [3.05, 3.63) is 0 Å². The lowest BCUT2D eigenvalue weighted by atomic mass is 9.87. The standard InChI is InChI=1S/C14H20N2O3/c15-10-11-4-1-2-5-12(11)19-14(18)7-9-16-8-3-6-13(16)17/h11-12H,1-9H2/t11-,12+/m0/s1. The molecule has 0 bridgehead atoms. The summed E-state index contributed by atoms with van der Waals surface area (Å²) in [5.74, 6) is -0.321. The lowest BCUT2D eigenvalue weighted by Crippen LogP contribution is -2.32. The summed E-state index contributed by atoms with van der Waals surface area (Å²) in [5.41, 5.74) is 0. The van der Waals surface area contributed by atoms with E-state index in [4.69, 9.17) is 10.00 Å². The number of carbonyl (C=O) groups excluding carboxylic acids is 2. The Labute approximate surface area is 113 Å². The molecule has 1 aliphatic carbocycles. The maximum Gasteiger partial charge on any atom is 0.307 e. The fraction of sp³-hybridized carbons (Fsp3) is 0.786. The molecule has 2 atom stereocenters. The van der Waals surface area contributed by atoms with Gasteiger partial charge in [-0.1, -0.05) is 6.42 Å². The molecule has 0 spiro atoms. The highest BCUT2D eigenvalue weighted by Gasteiger charge is 2.28. The maximum absolute atomic E-state index is 11.8. The zero-order valence-electron chi connectivity index (χ0n) is 11.1. The number of amides is 1. The average Bonchev–Trinajstić information content (AvgIpc) is 2.82. The van der Waals surface area contributed by atoms with Gasteiger partial charge in [0.25, 0.3) is 0 Å². The Balaban J connectivity index is 1.74. The highest BCUT2D eigenvalue weighted by atomic mass is 16.5. The summed E-state index contributed by atoms with van der Waals surface area (Å²) in [6.07, 6.45) is 5.11. The van der Waals surface area contributed by atoms with Gasteiger partial charge in [0.15, 0.2) is 0 Å². The van der Waals surface area contributed by atoms with Crippen molar-refractivity contribution in [2.45, 2.75) is 51.0 Å². The summed E-state index contributed by atoms with van der Waals surface area (Å²) in [6, 6.07) is 2.22. The molecule has 5 nitrogen and oxygen atoms in total. The fourth-order valence-electron chi connectivity index (χ4n) is 2.78. The van der Waals surface area contributed by atoms with Gasteiger partial charge < -0.3 is 9.64 Å². The van der Waals surface area contributed by atoms with E-state index in [2.05, 4.69) is 6.07 Å². The molecule has 1 saturated carbocycles. The summed E-state index contributed by atoms with van der Waals surface area (Å²) in [6.45, 7) is 1.19. The van der Waals surface area contributed by atoms with Gasteiger partial charge in [0.2, 0.25) is 5.91 Å². The Bertz CT molecular complexity index is 389. The molecule has 1 aliphatic heterocycles. The van der Waals surface area contributed by atoms with Gasteiger partial charge >= 0.3 is 5.97 Å². The number of carbonyl (C=O) groups is 2. The van der Waals surface area contributed by atoms with Crippen LogP contribution in [0.1, 0.15) is 44.9 Å². The number of hydrogen-bond acceptors (Lipinski definition) is 4. The van der Waals surface area contributed by atoms with Crippen LogP contribution in [0.3, 0.4) is 0 Å². The highest BCUT2D eigenvalue weighted by molar-refractivity contribution is 5.79. The van der Waals surface area contributed by atoms with Crippen molar-refractivity contribution in [3.8, 4) is 6.07 Å². The van der Waals surface area contributed by atoms with E-state index in [1.165, 1.54) is 0 Å². The van der Waals surface area contributed by atoms with E-state index in [0.717, 1.165) is 38.6 Å². The second kappa shape index (κ2) is 6.55. The minimum absolute atomic E-state index is 0.125. The van der Waals surface area contributed by atoms with Crippen LogP contribution in [0.2, 0.25) is 0 Å². The normalized spacial score (nSPS) is 27.1. The molecule has 1 saturated heterocycles. The predicted molar refractivity (Wildman–Crippen MR) is 67.9 cm³/mol. The number of hydrogen-bond donors (Lipinski definition) is 0. The summed E-state index contributed by atoms with van der Waals surface area (Å²) in [5, 5.41) is 9.02. The van der Waals surface area contributed by atoms with Crippen molar-refractivity contribution < 1.29 is 14.3 Å². The summed E-state index contributed by atoms with van der Waals surface area (Å²) >= 11 is 0. The minimum atomic E-state index is -0.285. The van der Waals surface area contributed by atoms with Gasteiger partial charge in [-0.05, 0) is 25.7 Å². The van der Waals surface area contributed by atoms with Gasteiger partial charge in [-0.15, -0.1) is 0 Å². The zero-order chi connectivity index (χ0) is 13.7. The molecule has 0 radical (unpaired) electrons. The predicted octanol–water partition coefficient (Wildman–Crippen LogP) is 1.62. The topological polar surface area (TPSA) is 70.4 Å². The van der Waals surface area contributed by atoms with Crippen LogP contribution in [0.4, 0.5) is 0 Å². The molecule has 2 aliphatic rings. The van der Waals surface area contributed by atoms with Gasteiger partial charge in [-0.25, -0.2) is 0 Å². The van der Waals surface area contributed by atoms with Crippen LogP contribution in [0, 0.1) is 17.2 Å².